The Morgan fingerprint density at radius 1 is 1.18 bits per heavy atom. The highest BCUT2D eigenvalue weighted by atomic mass is 15.1. The van der Waals surface area contributed by atoms with E-state index in [4.69, 9.17) is 0 Å². The second-order valence-electron chi connectivity index (χ2n) is 7.25. The van der Waals surface area contributed by atoms with E-state index in [2.05, 4.69) is 52.2 Å². The van der Waals surface area contributed by atoms with Gasteiger partial charge in [0.25, 0.3) is 0 Å². The molecule has 0 aromatic rings. The third-order valence-electron chi connectivity index (χ3n) is 3.96. The van der Waals surface area contributed by atoms with E-state index in [1.807, 2.05) is 0 Å². The lowest BCUT2D eigenvalue weighted by Gasteiger charge is -2.46. The normalized spacial score (nSPS) is 25.8. The molecule has 0 amide bonds. The lowest BCUT2D eigenvalue weighted by atomic mass is 9.79. The van der Waals surface area contributed by atoms with E-state index >= 15 is 0 Å². The first-order chi connectivity index (χ1) is 7.74. The molecule has 2 nitrogen and oxygen atoms in total. The summed E-state index contributed by atoms with van der Waals surface area (Å²) >= 11 is 0. The maximum Gasteiger partial charge on any atom is 0.0144 e. The molecule has 0 aliphatic carbocycles. The zero-order chi connectivity index (χ0) is 13.1. The summed E-state index contributed by atoms with van der Waals surface area (Å²) in [6.45, 7) is 15.1. The Labute approximate surface area is 108 Å². The highest BCUT2D eigenvalue weighted by Gasteiger charge is 2.37. The van der Waals surface area contributed by atoms with Crippen LogP contribution in [0.2, 0.25) is 0 Å². The van der Waals surface area contributed by atoms with Crippen molar-refractivity contribution in [2.24, 2.45) is 5.92 Å². The number of hydrogen-bond acceptors (Lipinski definition) is 2. The molecule has 0 radical (unpaired) electrons. The van der Waals surface area contributed by atoms with Crippen molar-refractivity contribution in [1.29, 1.82) is 0 Å². The molecule has 0 spiro atoms. The van der Waals surface area contributed by atoms with Crippen LogP contribution in [0.3, 0.4) is 0 Å². The molecule has 0 saturated carbocycles. The lowest BCUT2D eigenvalue weighted by molar-refractivity contribution is 0.145. The van der Waals surface area contributed by atoms with Gasteiger partial charge in [0.15, 0.2) is 0 Å². The van der Waals surface area contributed by atoms with Gasteiger partial charge in [-0.1, -0.05) is 20.3 Å². The summed E-state index contributed by atoms with van der Waals surface area (Å²) in [4.78, 5) is 0. The van der Waals surface area contributed by atoms with Crippen LogP contribution < -0.4 is 10.6 Å². The van der Waals surface area contributed by atoms with E-state index in [1.54, 1.807) is 0 Å². The SMILES string of the molecule is CCC(C)CCNC1CC(C)(C)NC(C)(C)C1. The van der Waals surface area contributed by atoms with Crippen LogP contribution in [0, 0.1) is 5.92 Å². The van der Waals surface area contributed by atoms with Gasteiger partial charge in [0.2, 0.25) is 0 Å². The summed E-state index contributed by atoms with van der Waals surface area (Å²) in [7, 11) is 0. The molecule has 2 N–H and O–H groups in total. The molecule has 1 atom stereocenters. The second-order valence-corrected chi connectivity index (χ2v) is 7.25. The predicted molar refractivity (Wildman–Crippen MR) is 76.4 cm³/mol. The van der Waals surface area contributed by atoms with Gasteiger partial charge < -0.3 is 10.6 Å². The van der Waals surface area contributed by atoms with Crippen LogP contribution in [0.5, 0.6) is 0 Å². The van der Waals surface area contributed by atoms with Gasteiger partial charge in [-0.2, -0.15) is 0 Å². The third-order valence-corrected chi connectivity index (χ3v) is 3.96. The summed E-state index contributed by atoms with van der Waals surface area (Å²) in [5.74, 6) is 0.852. The second kappa shape index (κ2) is 5.71. The smallest absolute Gasteiger partial charge is 0.0144 e. The average molecular weight is 240 g/mol. The first-order valence-electron chi connectivity index (χ1n) is 7.27. The highest BCUT2D eigenvalue weighted by Crippen LogP contribution is 2.28. The Morgan fingerprint density at radius 3 is 2.18 bits per heavy atom. The van der Waals surface area contributed by atoms with Gasteiger partial charge in [0.1, 0.15) is 0 Å². The van der Waals surface area contributed by atoms with Crippen LogP contribution >= 0.6 is 0 Å². The molecule has 1 aliphatic rings. The molecule has 0 bridgehead atoms. The first kappa shape index (κ1) is 15.0. The minimum Gasteiger partial charge on any atom is -0.314 e. The Balaban J connectivity index is 2.38. The molecule has 0 aromatic carbocycles. The average Bonchev–Trinajstić information content (AvgIpc) is 2.12. The van der Waals surface area contributed by atoms with Gasteiger partial charge in [-0.05, 0) is 59.4 Å². The van der Waals surface area contributed by atoms with Gasteiger partial charge in [-0.3, -0.25) is 0 Å². The molecule has 1 rings (SSSR count). The van der Waals surface area contributed by atoms with E-state index in [1.165, 1.54) is 32.2 Å². The topological polar surface area (TPSA) is 24.1 Å². The van der Waals surface area contributed by atoms with Gasteiger partial charge >= 0.3 is 0 Å². The molecular weight excluding hydrogens is 208 g/mol. The fourth-order valence-corrected chi connectivity index (χ4v) is 3.20. The summed E-state index contributed by atoms with van der Waals surface area (Å²) in [5.41, 5.74) is 0.519. The summed E-state index contributed by atoms with van der Waals surface area (Å²) < 4.78 is 0. The zero-order valence-corrected chi connectivity index (χ0v) is 12.7. The monoisotopic (exact) mass is 240 g/mol. The standard InChI is InChI=1S/C15H32N2/c1-7-12(2)8-9-16-13-10-14(3,4)17-15(5,6)11-13/h12-13,16-17H,7-11H2,1-6H3. The van der Waals surface area contributed by atoms with Crippen LogP contribution in [-0.2, 0) is 0 Å². The summed E-state index contributed by atoms with van der Waals surface area (Å²) in [5, 5.41) is 7.49. The zero-order valence-electron chi connectivity index (χ0n) is 12.7. The molecule has 1 saturated heterocycles. The fraction of sp³-hybridized carbons (Fsp3) is 1.00. The minimum absolute atomic E-state index is 0.260. The third kappa shape index (κ3) is 5.39. The lowest BCUT2D eigenvalue weighted by Crippen LogP contribution is -2.61. The fourth-order valence-electron chi connectivity index (χ4n) is 3.20. The van der Waals surface area contributed by atoms with Gasteiger partial charge in [-0.25, -0.2) is 0 Å². The van der Waals surface area contributed by atoms with Crippen molar-refractivity contribution in [1.82, 2.24) is 10.6 Å². The van der Waals surface area contributed by atoms with Gasteiger partial charge in [0.05, 0.1) is 0 Å². The van der Waals surface area contributed by atoms with Crippen LogP contribution in [0.25, 0.3) is 0 Å². The Bertz CT molecular complexity index is 217. The summed E-state index contributed by atoms with van der Waals surface area (Å²) in [6.07, 6.45) is 5.07. The number of rotatable bonds is 5. The van der Waals surface area contributed by atoms with E-state index in [0.29, 0.717) is 6.04 Å². The van der Waals surface area contributed by atoms with Crippen molar-refractivity contribution < 1.29 is 0 Å². The van der Waals surface area contributed by atoms with E-state index in [-0.39, 0.29) is 11.1 Å². The van der Waals surface area contributed by atoms with E-state index in [9.17, 15) is 0 Å². The molecule has 2 heteroatoms. The van der Waals surface area contributed by atoms with E-state index < -0.39 is 0 Å². The molecule has 17 heavy (non-hydrogen) atoms. The molecule has 1 aliphatic heterocycles. The quantitative estimate of drug-likeness (QED) is 0.770. The maximum atomic E-state index is 3.76. The largest absolute Gasteiger partial charge is 0.314 e. The van der Waals surface area contributed by atoms with E-state index in [0.717, 1.165) is 5.92 Å². The molecular formula is C15H32N2. The first-order valence-corrected chi connectivity index (χ1v) is 7.27. The molecule has 102 valence electrons. The van der Waals surface area contributed by atoms with Crippen LogP contribution in [0.15, 0.2) is 0 Å². The highest BCUT2D eigenvalue weighted by molar-refractivity contribution is 4.99. The van der Waals surface area contributed by atoms with Crippen LogP contribution in [0.1, 0.15) is 67.2 Å². The van der Waals surface area contributed by atoms with Crippen molar-refractivity contribution in [2.75, 3.05) is 6.54 Å². The molecule has 0 aromatic heterocycles. The van der Waals surface area contributed by atoms with Crippen molar-refractivity contribution in [3.05, 3.63) is 0 Å². The van der Waals surface area contributed by atoms with Crippen molar-refractivity contribution in [2.45, 2.75) is 84.3 Å². The number of hydrogen-bond donors (Lipinski definition) is 2. The van der Waals surface area contributed by atoms with Crippen molar-refractivity contribution >= 4 is 0 Å². The summed E-state index contributed by atoms with van der Waals surface area (Å²) in [6, 6.07) is 0.672. The van der Waals surface area contributed by atoms with Crippen molar-refractivity contribution in [3.63, 3.8) is 0 Å². The molecule has 1 heterocycles. The van der Waals surface area contributed by atoms with Gasteiger partial charge in [-0.15, -0.1) is 0 Å². The number of nitrogens with one attached hydrogen (secondary N) is 2. The molecule has 1 unspecified atom stereocenters. The van der Waals surface area contributed by atoms with Gasteiger partial charge in [0, 0.05) is 17.1 Å². The maximum absolute atomic E-state index is 3.76. The molecule has 1 fully saturated rings. The Morgan fingerprint density at radius 2 is 1.71 bits per heavy atom. The predicted octanol–water partition coefficient (Wildman–Crippen LogP) is 3.32. The van der Waals surface area contributed by atoms with Crippen LogP contribution in [-0.4, -0.2) is 23.7 Å². The van der Waals surface area contributed by atoms with Crippen molar-refractivity contribution in [3.8, 4) is 0 Å². The minimum atomic E-state index is 0.260. The Hall–Kier alpha value is -0.0800. The Kier molecular flexibility index (Phi) is 5.03. The van der Waals surface area contributed by atoms with Crippen LogP contribution in [0.4, 0.5) is 0 Å². The number of piperidine rings is 1.